The smallest absolute Gasteiger partial charge is 0.221 e. The van der Waals surface area contributed by atoms with Crippen LogP contribution in [0.5, 0.6) is 5.75 Å². The molecule has 3 aromatic rings. The van der Waals surface area contributed by atoms with Gasteiger partial charge in [0.05, 0.1) is 5.69 Å². The summed E-state index contributed by atoms with van der Waals surface area (Å²) in [6.45, 7) is 2.99. The lowest BCUT2D eigenvalue weighted by molar-refractivity contribution is -0.114. The Hall–Kier alpha value is -2.97. The number of β-amino-alcohol motifs (C(OH)–C–C–N with tert-alkyl or cyclic N) is 1. The Morgan fingerprint density at radius 1 is 1.27 bits per heavy atom. The third-order valence-corrected chi connectivity index (χ3v) is 5.17. The number of aromatic amines is 1. The van der Waals surface area contributed by atoms with E-state index in [1.54, 1.807) is 6.07 Å². The molecule has 0 fully saturated rings. The zero-order valence-electron chi connectivity index (χ0n) is 16.5. The molecule has 2 aromatic carbocycles. The van der Waals surface area contributed by atoms with E-state index in [1.165, 1.54) is 37.3 Å². The molecular formula is C22H23F2N3O3. The fraction of sp³-hybridized carbons (Fsp3) is 0.318. The highest BCUT2D eigenvalue weighted by Gasteiger charge is 2.23. The molecule has 1 aliphatic rings. The van der Waals surface area contributed by atoms with Crippen molar-refractivity contribution in [2.24, 2.45) is 0 Å². The number of carbonyl (C=O) groups excluding carboxylic acids is 1. The molecule has 30 heavy (non-hydrogen) atoms. The molecule has 0 radical (unpaired) electrons. The van der Waals surface area contributed by atoms with Crippen molar-refractivity contribution in [1.29, 1.82) is 0 Å². The number of H-pyrrole nitrogens is 1. The van der Waals surface area contributed by atoms with Gasteiger partial charge in [-0.15, -0.1) is 0 Å². The van der Waals surface area contributed by atoms with Crippen molar-refractivity contribution in [1.82, 2.24) is 9.88 Å². The third kappa shape index (κ3) is 4.44. The summed E-state index contributed by atoms with van der Waals surface area (Å²) >= 11 is 0. The second kappa shape index (κ2) is 8.41. The van der Waals surface area contributed by atoms with Crippen LogP contribution < -0.4 is 10.1 Å². The molecule has 0 saturated heterocycles. The maximum absolute atomic E-state index is 13.7. The van der Waals surface area contributed by atoms with Crippen LogP contribution in [0.4, 0.5) is 14.5 Å². The number of hydrogen-bond acceptors (Lipinski definition) is 4. The molecule has 0 bridgehead atoms. The SMILES string of the molecule is CC(=O)Nc1ccc(F)cc1OCC(O)CN1CCc2[nH]c3ccc(F)cc3c2C1. The van der Waals surface area contributed by atoms with Crippen LogP contribution >= 0.6 is 0 Å². The molecular weight excluding hydrogens is 392 g/mol. The Kier molecular flexibility index (Phi) is 5.69. The quantitative estimate of drug-likeness (QED) is 0.578. The monoisotopic (exact) mass is 415 g/mol. The summed E-state index contributed by atoms with van der Waals surface area (Å²) in [7, 11) is 0. The lowest BCUT2D eigenvalue weighted by Crippen LogP contribution is -2.38. The van der Waals surface area contributed by atoms with Gasteiger partial charge in [0, 0.05) is 55.6 Å². The maximum atomic E-state index is 13.7. The number of halogens is 2. The number of rotatable bonds is 6. The van der Waals surface area contributed by atoms with E-state index in [-0.39, 0.29) is 24.1 Å². The lowest BCUT2D eigenvalue weighted by Gasteiger charge is -2.29. The second-order valence-electron chi connectivity index (χ2n) is 7.54. The van der Waals surface area contributed by atoms with Gasteiger partial charge in [0.2, 0.25) is 5.91 Å². The highest BCUT2D eigenvalue weighted by Crippen LogP contribution is 2.29. The lowest BCUT2D eigenvalue weighted by atomic mass is 10.0. The number of fused-ring (bicyclic) bond motifs is 3. The van der Waals surface area contributed by atoms with Crippen molar-refractivity contribution in [3.8, 4) is 5.75 Å². The van der Waals surface area contributed by atoms with E-state index in [4.69, 9.17) is 4.74 Å². The Labute approximate surface area is 172 Å². The van der Waals surface area contributed by atoms with E-state index in [2.05, 4.69) is 15.2 Å². The van der Waals surface area contributed by atoms with Crippen molar-refractivity contribution in [2.45, 2.75) is 26.0 Å². The van der Waals surface area contributed by atoms with E-state index in [9.17, 15) is 18.7 Å². The molecule has 2 heterocycles. The first-order chi connectivity index (χ1) is 14.4. The minimum absolute atomic E-state index is 0.0537. The largest absolute Gasteiger partial charge is 0.489 e. The number of aliphatic hydroxyl groups excluding tert-OH is 1. The summed E-state index contributed by atoms with van der Waals surface area (Å²) in [5.74, 6) is -0.910. The Bertz CT molecular complexity index is 1080. The molecule has 3 N–H and O–H groups in total. The minimum Gasteiger partial charge on any atom is -0.489 e. The Morgan fingerprint density at radius 3 is 2.83 bits per heavy atom. The van der Waals surface area contributed by atoms with Crippen molar-refractivity contribution in [2.75, 3.05) is 25.0 Å². The molecule has 0 saturated carbocycles. The van der Waals surface area contributed by atoms with Gasteiger partial charge < -0.3 is 20.1 Å². The summed E-state index contributed by atoms with van der Waals surface area (Å²) in [5, 5.41) is 13.9. The summed E-state index contributed by atoms with van der Waals surface area (Å²) in [6.07, 6.45) is -0.0441. The van der Waals surface area contributed by atoms with Crippen LogP contribution in [-0.2, 0) is 17.8 Å². The number of anilines is 1. The van der Waals surface area contributed by atoms with Gasteiger partial charge in [0.1, 0.15) is 30.1 Å². The third-order valence-electron chi connectivity index (χ3n) is 5.17. The average Bonchev–Trinajstić information content (AvgIpc) is 3.05. The topological polar surface area (TPSA) is 77.6 Å². The van der Waals surface area contributed by atoms with Gasteiger partial charge in [-0.1, -0.05) is 0 Å². The molecule has 1 atom stereocenters. The van der Waals surface area contributed by atoms with Crippen LogP contribution in [0.15, 0.2) is 36.4 Å². The summed E-state index contributed by atoms with van der Waals surface area (Å²) in [6, 6.07) is 8.52. The molecule has 6 nitrogen and oxygen atoms in total. The number of hydrogen-bond donors (Lipinski definition) is 3. The fourth-order valence-electron chi connectivity index (χ4n) is 3.84. The van der Waals surface area contributed by atoms with Crippen LogP contribution in [0.3, 0.4) is 0 Å². The summed E-state index contributed by atoms with van der Waals surface area (Å²) < 4.78 is 32.8. The summed E-state index contributed by atoms with van der Waals surface area (Å²) in [4.78, 5) is 16.7. The predicted molar refractivity (Wildman–Crippen MR) is 109 cm³/mol. The molecule has 1 unspecified atom stereocenters. The van der Waals surface area contributed by atoms with E-state index in [0.29, 0.717) is 18.8 Å². The van der Waals surface area contributed by atoms with Crippen molar-refractivity contribution in [3.05, 3.63) is 59.3 Å². The van der Waals surface area contributed by atoms with Gasteiger partial charge in [0.25, 0.3) is 0 Å². The average molecular weight is 415 g/mol. The zero-order chi connectivity index (χ0) is 21.3. The van der Waals surface area contributed by atoms with E-state index >= 15 is 0 Å². The standard InChI is InChI=1S/C22H23F2N3O3/c1-13(28)25-21-5-3-15(24)9-22(21)30-12-16(29)10-27-7-6-20-18(11-27)17-8-14(23)2-4-19(17)26-20/h2-5,8-9,16,26,29H,6-7,10-12H2,1H3,(H,25,28). The summed E-state index contributed by atoms with van der Waals surface area (Å²) in [5.41, 5.74) is 3.39. The predicted octanol–water partition coefficient (Wildman–Crippen LogP) is 3.20. The zero-order valence-corrected chi connectivity index (χ0v) is 16.5. The van der Waals surface area contributed by atoms with Gasteiger partial charge in [-0.05, 0) is 35.9 Å². The first-order valence-corrected chi connectivity index (χ1v) is 9.78. The molecule has 0 aliphatic carbocycles. The molecule has 0 spiro atoms. The van der Waals surface area contributed by atoms with E-state index < -0.39 is 11.9 Å². The first kappa shape index (κ1) is 20.3. The van der Waals surface area contributed by atoms with E-state index in [0.717, 1.165) is 35.1 Å². The van der Waals surface area contributed by atoms with Crippen LogP contribution in [0.1, 0.15) is 18.2 Å². The molecule has 1 aromatic heterocycles. The molecule has 1 amide bonds. The minimum atomic E-state index is -0.818. The normalized spacial score (nSPS) is 15.1. The number of aromatic nitrogens is 1. The van der Waals surface area contributed by atoms with Crippen LogP contribution in [-0.4, -0.2) is 46.7 Å². The molecule has 1 aliphatic heterocycles. The highest BCUT2D eigenvalue weighted by atomic mass is 19.1. The molecule has 158 valence electrons. The van der Waals surface area contributed by atoms with Crippen LogP contribution in [0, 0.1) is 11.6 Å². The second-order valence-corrected chi connectivity index (χ2v) is 7.54. The number of carbonyl (C=O) groups is 1. The van der Waals surface area contributed by atoms with Crippen molar-refractivity contribution in [3.63, 3.8) is 0 Å². The Morgan fingerprint density at radius 2 is 2.03 bits per heavy atom. The van der Waals surface area contributed by atoms with Gasteiger partial charge >= 0.3 is 0 Å². The molecule has 8 heteroatoms. The first-order valence-electron chi connectivity index (χ1n) is 9.78. The number of amides is 1. The van der Waals surface area contributed by atoms with Gasteiger partial charge in [-0.25, -0.2) is 8.78 Å². The van der Waals surface area contributed by atoms with Crippen molar-refractivity contribution < 1.29 is 23.4 Å². The van der Waals surface area contributed by atoms with Gasteiger partial charge in [-0.2, -0.15) is 0 Å². The van der Waals surface area contributed by atoms with Gasteiger partial charge in [0.15, 0.2) is 0 Å². The van der Waals surface area contributed by atoms with Crippen molar-refractivity contribution >= 4 is 22.5 Å². The fourth-order valence-corrected chi connectivity index (χ4v) is 3.84. The molecule has 4 rings (SSSR count). The number of ether oxygens (including phenoxy) is 1. The van der Waals surface area contributed by atoms with Gasteiger partial charge in [-0.3, -0.25) is 9.69 Å². The van der Waals surface area contributed by atoms with Crippen LogP contribution in [0.25, 0.3) is 10.9 Å². The number of benzene rings is 2. The number of nitrogens with one attached hydrogen (secondary N) is 2. The van der Waals surface area contributed by atoms with Crippen LogP contribution in [0.2, 0.25) is 0 Å². The highest BCUT2D eigenvalue weighted by molar-refractivity contribution is 5.90. The number of aliphatic hydroxyl groups is 1. The van der Waals surface area contributed by atoms with E-state index in [1.807, 2.05) is 0 Å². The maximum Gasteiger partial charge on any atom is 0.221 e. The Balaban J connectivity index is 1.39. The number of nitrogens with zero attached hydrogens (tertiary/aromatic N) is 1.